The summed E-state index contributed by atoms with van der Waals surface area (Å²) in [5, 5.41) is 0. The van der Waals surface area contributed by atoms with Crippen LogP contribution in [0.15, 0.2) is 30.3 Å². The summed E-state index contributed by atoms with van der Waals surface area (Å²) in [5.74, 6) is 0. The van der Waals surface area contributed by atoms with E-state index in [0.29, 0.717) is 0 Å². The number of hydrazine groups is 1. The number of para-hydroxylation sites is 1. The summed E-state index contributed by atoms with van der Waals surface area (Å²) in [5.41, 5.74) is 1.87. The molecule has 3 N–H and O–H groups in total. The van der Waals surface area contributed by atoms with Gasteiger partial charge in [0, 0.05) is 3.82 Å². The zero-order valence-corrected chi connectivity index (χ0v) is 9.31. The van der Waals surface area contributed by atoms with Crippen LogP contribution in [0.25, 0.3) is 0 Å². The molecule has 0 aliphatic rings. The molecular weight excluding hydrogens is 260 g/mol. The summed E-state index contributed by atoms with van der Waals surface area (Å²) in [7, 11) is -10.3. The fourth-order valence-corrected chi connectivity index (χ4v) is 2.25. The molecule has 0 radical (unpaired) electrons. The van der Waals surface area contributed by atoms with Crippen LogP contribution in [0.4, 0.5) is 5.69 Å². The maximum atomic E-state index is 10.7. The first-order chi connectivity index (χ1) is 7.21. The van der Waals surface area contributed by atoms with Gasteiger partial charge in [0.2, 0.25) is 0 Å². The molecular formula is C6H8N2O6S2. The second kappa shape index (κ2) is 4.35. The maximum Gasteiger partial charge on any atom is 0.369 e. The first-order valence-corrected chi connectivity index (χ1v) is 6.58. The number of nitrogens with zero attached hydrogens (tertiary/aromatic N) is 1. The van der Waals surface area contributed by atoms with Gasteiger partial charge in [-0.2, -0.15) is 16.8 Å². The van der Waals surface area contributed by atoms with Gasteiger partial charge in [0.25, 0.3) is 0 Å². The van der Waals surface area contributed by atoms with Crippen LogP contribution in [0.1, 0.15) is 0 Å². The van der Waals surface area contributed by atoms with E-state index in [1.165, 1.54) is 24.3 Å². The number of hydrogen-bond donors (Lipinski definition) is 3. The Morgan fingerprint density at radius 2 is 1.38 bits per heavy atom. The number of hydrogen-bond acceptors (Lipinski definition) is 5. The van der Waals surface area contributed by atoms with Gasteiger partial charge in [-0.1, -0.05) is 18.2 Å². The molecule has 16 heavy (non-hydrogen) atoms. The normalized spacial score (nSPS) is 12.7. The predicted octanol–water partition coefficient (Wildman–Crippen LogP) is -0.0789. The fourth-order valence-electron chi connectivity index (χ4n) is 0.852. The number of anilines is 1. The maximum absolute atomic E-state index is 10.7. The Kier molecular flexibility index (Phi) is 3.50. The number of rotatable bonds is 4. The Morgan fingerprint density at radius 1 is 0.938 bits per heavy atom. The minimum absolute atomic E-state index is 0.0535. The molecule has 0 saturated carbocycles. The van der Waals surface area contributed by atoms with Gasteiger partial charge in [0.1, 0.15) is 0 Å². The van der Waals surface area contributed by atoms with Crippen LogP contribution in [0.3, 0.4) is 0 Å². The average molecular weight is 268 g/mol. The van der Waals surface area contributed by atoms with Crippen molar-refractivity contribution in [2.24, 2.45) is 0 Å². The lowest BCUT2D eigenvalue weighted by Gasteiger charge is -2.16. The van der Waals surface area contributed by atoms with Gasteiger partial charge in [-0.3, -0.25) is 14.5 Å². The molecule has 0 aliphatic heterocycles. The minimum atomic E-state index is -5.14. The lowest BCUT2D eigenvalue weighted by molar-refractivity contribution is 0.402. The molecule has 0 fully saturated rings. The van der Waals surface area contributed by atoms with E-state index < -0.39 is 24.4 Å². The van der Waals surface area contributed by atoms with E-state index in [2.05, 4.69) is 0 Å². The third-order valence-corrected chi connectivity index (χ3v) is 3.56. The van der Waals surface area contributed by atoms with Crippen molar-refractivity contribution in [2.45, 2.75) is 0 Å². The van der Waals surface area contributed by atoms with Crippen LogP contribution in [0.5, 0.6) is 0 Å². The topological polar surface area (TPSA) is 124 Å². The third-order valence-electron chi connectivity index (χ3n) is 1.41. The van der Waals surface area contributed by atoms with Crippen molar-refractivity contribution in [3.63, 3.8) is 0 Å². The second-order valence-corrected chi connectivity index (χ2v) is 5.38. The Hall–Kier alpha value is -1.20. The van der Waals surface area contributed by atoms with E-state index in [-0.39, 0.29) is 5.69 Å². The van der Waals surface area contributed by atoms with Gasteiger partial charge in [-0.05, 0) is 12.1 Å². The Bertz CT molecular complexity index is 520. The van der Waals surface area contributed by atoms with Gasteiger partial charge in [0.15, 0.2) is 0 Å². The summed E-state index contributed by atoms with van der Waals surface area (Å²) in [6.45, 7) is 0. The Morgan fingerprint density at radius 3 is 1.75 bits per heavy atom. The molecule has 0 aliphatic carbocycles. The molecule has 0 amide bonds. The van der Waals surface area contributed by atoms with E-state index in [0.717, 1.165) is 0 Å². The zero-order valence-electron chi connectivity index (χ0n) is 7.68. The number of nitrogens with one attached hydrogen (secondary N) is 1. The summed E-state index contributed by atoms with van der Waals surface area (Å²) < 4.78 is 59.1. The van der Waals surface area contributed by atoms with Crippen LogP contribution in [0.2, 0.25) is 0 Å². The molecule has 0 aromatic heterocycles. The Balaban J connectivity index is 3.08. The Labute approximate surface area is 92.2 Å². The molecule has 8 nitrogen and oxygen atoms in total. The van der Waals surface area contributed by atoms with Gasteiger partial charge in [0.05, 0.1) is 5.69 Å². The van der Waals surface area contributed by atoms with E-state index in [1.807, 2.05) is 5.43 Å². The summed E-state index contributed by atoms with van der Waals surface area (Å²) in [6.07, 6.45) is 0. The van der Waals surface area contributed by atoms with Crippen LogP contribution in [0, 0.1) is 0 Å². The fraction of sp³-hybridized carbons (Fsp3) is 0. The highest BCUT2D eigenvalue weighted by atomic mass is 32.3. The van der Waals surface area contributed by atoms with Gasteiger partial charge >= 0.3 is 20.6 Å². The summed E-state index contributed by atoms with van der Waals surface area (Å²) in [6, 6.07) is 7.27. The minimum Gasteiger partial charge on any atom is -0.288 e. The number of benzene rings is 1. The van der Waals surface area contributed by atoms with Crippen LogP contribution >= 0.6 is 0 Å². The molecule has 0 bridgehead atoms. The van der Waals surface area contributed by atoms with E-state index in [9.17, 15) is 16.8 Å². The largest absolute Gasteiger partial charge is 0.369 e. The zero-order chi connectivity index (χ0) is 12.4. The van der Waals surface area contributed by atoms with Crippen molar-refractivity contribution < 1.29 is 25.9 Å². The molecule has 1 aromatic rings. The van der Waals surface area contributed by atoms with E-state index in [4.69, 9.17) is 9.11 Å². The van der Waals surface area contributed by atoms with Gasteiger partial charge in [-0.15, -0.1) is 0 Å². The average Bonchev–Trinajstić information content (AvgIpc) is 2.12. The molecule has 0 spiro atoms. The van der Waals surface area contributed by atoms with Crippen molar-refractivity contribution in [1.82, 2.24) is 3.82 Å². The van der Waals surface area contributed by atoms with Gasteiger partial charge < -0.3 is 0 Å². The molecule has 90 valence electrons. The van der Waals surface area contributed by atoms with E-state index in [1.54, 1.807) is 6.07 Å². The highest BCUT2D eigenvalue weighted by Gasteiger charge is 2.31. The van der Waals surface area contributed by atoms with Gasteiger partial charge in [-0.25, -0.2) is 0 Å². The van der Waals surface area contributed by atoms with Crippen LogP contribution in [-0.4, -0.2) is 29.8 Å². The molecule has 0 heterocycles. The van der Waals surface area contributed by atoms with Crippen LogP contribution in [-0.2, 0) is 20.6 Å². The first kappa shape index (κ1) is 12.9. The predicted molar refractivity (Wildman–Crippen MR) is 55.0 cm³/mol. The molecule has 10 heteroatoms. The van der Waals surface area contributed by atoms with Crippen molar-refractivity contribution in [1.29, 1.82) is 0 Å². The highest BCUT2D eigenvalue weighted by Crippen LogP contribution is 2.11. The van der Waals surface area contributed by atoms with Crippen molar-refractivity contribution in [3.05, 3.63) is 30.3 Å². The highest BCUT2D eigenvalue weighted by molar-refractivity contribution is 7.98. The molecule has 0 atom stereocenters. The third kappa shape index (κ3) is 3.43. The second-order valence-electron chi connectivity index (χ2n) is 2.63. The molecule has 0 unspecified atom stereocenters. The van der Waals surface area contributed by atoms with Crippen molar-refractivity contribution in [2.75, 3.05) is 5.43 Å². The van der Waals surface area contributed by atoms with Crippen LogP contribution < -0.4 is 5.43 Å². The summed E-state index contributed by atoms with van der Waals surface area (Å²) in [4.78, 5) is 0. The lowest BCUT2D eigenvalue weighted by Crippen LogP contribution is -2.40. The quantitative estimate of drug-likeness (QED) is 0.515. The standard InChI is InChI=1S/C6H8N2O6S2/c9-15(10,11)8(16(12,13)14)7-6-4-2-1-3-5-6/h1-5,7H,(H,9,10,11)(H,12,13,14). The lowest BCUT2D eigenvalue weighted by atomic mass is 10.3. The smallest absolute Gasteiger partial charge is 0.288 e. The summed E-state index contributed by atoms with van der Waals surface area (Å²) >= 11 is 0. The van der Waals surface area contributed by atoms with Crippen molar-refractivity contribution in [3.8, 4) is 0 Å². The SMILES string of the molecule is O=S(=O)(O)N(Nc1ccccc1)S(=O)(=O)O. The van der Waals surface area contributed by atoms with E-state index >= 15 is 0 Å². The molecule has 1 aromatic carbocycles. The molecule has 1 rings (SSSR count). The monoisotopic (exact) mass is 268 g/mol. The first-order valence-electron chi connectivity index (χ1n) is 3.78. The van der Waals surface area contributed by atoms with Crippen molar-refractivity contribution >= 4 is 26.3 Å². The molecule has 0 saturated heterocycles.